The molecule has 3 aromatic rings. The van der Waals surface area contributed by atoms with Crippen molar-refractivity contribution in [2.24, 2.45) is 5.92 Å². The van der Waals surface area contributed by atoms with E-state index in [1.807, 2.05) is 10.5 Å². The zero-order valence-corrected chi connectivity index (χ0v) is 14.9. The van der Waals surface area contributed by atoms with Gasteiger partial charge in [0.25, 0.3) is 0 Å². The van der Waals surface area contributed by atoms with Gasteiger partial charge in [0.2, 0.25) is 5.78 Å². The molecule has 0 amide bonds. The number of halogens is 2. The minimum atomic E-state index is -0.200. The van der Waals surface area contributed by atoms with Gasteiger partial charge < -0.3 is 4.90 Å². The predicted molar refractivity (Wildman–Crippen MR) is 98.7 cm³/mol. The zero-order chi connectivity index (χ0) is 15.8. The molecular formula is C17H18FIN4. The summed E-state index contributed by atoms with van der Waals surface area (Å²) < 4.78 is 15.7. The number of alkyl halides is 1. The fraction of sp³-hybridized carbons (Fsp3) is 0.412. The van der Waals surface area contributed by atoms with Gasteiger partial charge in [-0.15, -0.1) is 0 Å². The lowest BCUT2D eigenvalue weighted by atomic mass is 9.94. The van der Waals surface area contributed by atoms with E-state index < -0.39 is 0 Å². The Kier molecular flexibility index (Phi) is 4.09. The van der Waals surface area contributed by atoms with Crippen LogP contribution in [0.3, 0.4) is 0 Å². The fourth-order valence-electron chi connectivity index (χ4n) is 3.34. The number of anilines is 1. The van der Waals surface area contributed by atoms with Crippen molar-refractivity contribution in [3.05, 3.63) is 34.0 Å². The normalized spacial score (nSPS) is 16.5. The van der Waals surface area contributed by atoms with Crippen LogP contribution in [0.1, 0.15) is 19.3 Å². The van der Waals surface area contributed by atoms with Crippen LogP contribution >= 0.6 is 22.6 Å². The maximum atomic E-state index is 12.5. The average molecular weight is 424 g/mol. The van der Waals surface area contributed by atoms with Gasteiger partial charge in [0.1, 0.15) is 5.82 Å². The van der Waals surface area contributed by atoms with Crippen LogP contribution in [-0.4, -0.2) is 34.1 Å². The van der Waals surface area contributed by atoms with Gasteiger partial charge >= 0.3 is 0 Å². The van der Waals surface area contributed by atoms with Crippen LogP contribution in [0.5, 0.6) is 0 Å². The Morgan fingerprint density at radius 2 is 2.00 bits per heavy atom. The Hall–Kier alpha value is -1.44. The summed E-state index contributed by atoms with van der Waals surface area (Å²) in [7, 11) is 0. The molecule has 6 heteroatoms. The molecule has 0 atom stereocenters. The first kappa shape index (κ1) is 15.1. The number of imidazole rings is 1. The van der Waals surface area contributed by atoms with Crippen molar-refractivity contribution in [1.82, 2.24) is 14.4 Å². The Bertz CT molecular complexity index is 839. The second kappa shape index (κ2) is 6.22. The van der Waals surface area contributed by atoms with Crippen molar-refractivity contribution in [2.45, 2.75) is 19.3 Å². The lowest BCUT2D eigenvalue weighted by Gasteiger charge is -2.32. The van der Waals surface area contributed by atoms with Crippen LogP contribution in [0.4, 0.5) is 10.2 Å². The molecule has 0 unspecified atom stereocenters. The third kappa shape index (κ3) is 2.88. The van der Waals surface area contributed by atoms with Crippen LogP contribution < -0.4 is 4.90 Å². The fourth-order valence-corrected chi connectivity index (χ4v) is 3.82. The third-order valence-electron chi connectivity index (χ3n) is 4.68. The number of hydrogen-bond acceptors (Lipinski definition) is 3. The molecule has 3 heterocycles. The number of hydrogen-bond donors (Lipinski definition) is 0. The summed E-state index contributed by atoms with van der Waals surface area (Å²) in [5.74, 6) is 2.24. The molecule has 0 aliphatic carbocycles. The first-order chi connectivity index (χ1) is 11.2. The van der Waals surface area contributed by atoms with Gasteiger partial charge in [-0.2, -0.15) is 4.98 Å². The molecule has 0 N–H and O–H groups in total. The van der Waals surface area contributed by atoms with Crippen molar-refractivity contribution in [1.29, 1.82) is 0 Å². The second-order valence-corrected chi connectivity index (χ2v) is 7.35. The van der Waals surface area contributed by atoms with E-state index >= 15 is 0 Å². The van der Waals surface area contributed by atoms with Crippen molar-refractivity contribution < 1.29 is 4.39 Å². The summed E-state index contributed by atoms with van der Waals surface area (Å²) in [5, 5.41) is 0. The predicted octanol–water partition coefficient (Wildman–Crippen LogP) is 4.06. The van der Waals surface area contributed by atoms with Gasteiger partial charge in [0.15, 0.2) is 0 Å². The first-order valence-electron chi connectivity index (χ1n) is 8.00. The van der Waals surface area contributed by atoms with E-state index in [4.69, 9.17) is 4.98 Å². The third-order valence-corrected chi connectivity index (χ3v) is 5.35. The number of aromatic nitrogens is 3. The van der Waals surface area contributed by atoms with E-state index in [0.717, 1.165) is 48.6 Å². The summed E-state index contributed by atoms with van der Waals surface area (Å²) in [6.07, 6.45) is 4.85. The van der Waals surface area contributed by atoms with Crippen LogP contribution in [0.2, 0.25) is 0 Å². The van der Waals surface area contributed by atoms with Gasteiger partial charge in [0, 0.05) is 22.9 Å². The molecule has 4 nitrogen and oxygen atoms in total. The number of rotatable bonds is 3. The summed E-state index contributed by atoms with van der Waals surface area (Å²) in [6, 6.07) is 8.28. The van der Waals surface area contributed by atoms with E-state index in [9.17, 15) is 4.39 Å². The lowest BCUT2D eigenvalue weighted by Crippen LogP contribution is -2.34. The molecule has 120 valence electrons. The van der Waals surface area contributed by atoms with E-state index in [1.54, 1.807) is 0 Å². The van der Waals surface area contributed by atoms with Gasteiger partial charge in [-0.25, -0.2) is 4.98 Å². The standard InChI is InChI=1S/C17H18FIN4/c18-7-3-12-4-8-22(9-5-12)16-6-10-23-15-11-13(19)1-2-14(15)20-17(23)21-16/h1-2,6,10-12H,3-5,7-9H2. The Balaban J connectivity index is 1.63. The molecule has 23 heavy (non-hydrogen) atoms. The largest absolute Gasteiger partial charge is 0.356 e. The van der Waals surface area contributed by atoms with Crippen molar-refractivity contribution >= 4 is 45.2 Å². The maximum absolute atomic E-state index is 12.5. The number of nitrogens with zero attached hydrogens (tertiary/aromatic N) is 4. The SMILES string of the molecule is FCCC1CCN(c2ccn3c(n2)nc2ccc(I)cc23)CC1. The Labute approximate surface area is 147 Å². The number of piperidine rings is 1. The molecule has 2 aromatic heterocycles. The van der Waals surface area contributed by atoms with E-state index in [2.05, 4.69) is 56.9 Å². The van der Waals surface area contributed by atoms with E-state index in [0.29, 0.717) is 12.3 Å². The topological polar surface area (TPSA) is 33.4 Å². The highest BCUT2D eigenvalue weighted by atomic mass is 127. The second-order valence-electron chi connectivity index (χ2n) is 6.11. The van der Waals surface area contributed by atoms with Gasteiger partial charge in [-0.05, 0) is 72.0 Å². The lowest BCUT2D eigenvalue weighted by molar-refractivity contribution is 0.332. The quantitative estimate of drug-likeness (QED) is 0.595. The van der Waals surface area contributed by atoms with Crippen LogP contribution in [0, 0.1) is 9.49 Å². The number of fused-ring (bicyclic) bond motifs is 3. The van der Waals surface area contributed by atoms with Crippen LogP contribution in [0.15, 0.2) is 30.5 Å². The highest BCUT2D eigenvalue weighted by Gasteiger charge is 2.20. The van der Waals surface area contributed by atoms with Gasteiger partial charge in [-0.3, -0.25) is 8.79 Å². The molecule has 0 radical (unpaired) electrons. The molecule has 1 fully saturated rings. The average Bonchev–Trinajstić information content (AvgIpc) is 2.93. The monoisotopic (exact) mass is 424 g/mol. The summed E-state index contributed by atoms with van der Waals surface area (Å²) >= 11 is 2.31. The molecule has 1 aliphatic rings. The van der Waals surface area contributed by atoms with Gasteiger partial charge in [-0.1, -0.05) is 0 Å². The van der Waals surface area contributed by atoms with E-state index in [1.165, 1.54) is 3.57 Å². The molecule has 1 aliphatic heterocycles. The minimum Gasteiger partial charge on any atom is -0.356 e. The molecule has 0 spiro atoms. The number of benzene rings is 1. The summed E-state index contributed by atoms with van der Waals surface area (Å²) in [4.78, 5) is 11.7. The van der Waals surface area contributed by atoms with Crippen molar-refractivity contribution in [3.8, 4) is 0 Å². The summed E-state index contributed by atoms with van der Waals surface area (Å²) in [6.45, 7) is 1.70. The first-order valence-corrected chi connectivity index (χ1v) is 9.08. The highest BCUT2D eigenvalue weighted by Crippen LogP contribution is 2.25. The highest BCUT2D eigenvalue weighted by molar-refractivity contribution is 14.1. The van der Waals surface area contributed by atoms with Gasteiger partial charge in [0.05, 0.1) is 17.7 Å². The van der Waals surface area contributed by atoms with Crippen LogP contribution in [-0.2, 0) is 0 Å². The maximum Gasteiger partial charge on any atom is 0.236 e. The smallest absolute Gasteiger partial charge is 0.236 e. The minimum absolute atomic E-state index is 0.200. The van der Waals surface area contributed by atoms with Crippen molar-refractivity contribution in [3.63, 3.8) is 0 Å². The molecule has 1 saturated heterocycles. The van der Waals surface area contributed by atoms with Crippen LogP contribution in [0.25, 0.3) is 16.8 Å². The van der Waals surface area contributed by atoms with Crippen molar-refractivity contribution in [2.75, 3.05) is 24.7 Å². The molecular weight excluding hydrogens is 406 g/mol. The Morgan fingerprint density at radius 1 is 1.17 bits per heavy atom. The zero-order valence-electron chi connectivity index (χ0n) is 12.8. The molecule has 0 saturated carbocycles. The molecule has 0 bridgehead atoms. The molecule has 4 rings (SSSR count). The van der Waals surface area contributed by atoms with E-state index in [-0.39, 0.29) is 6.67 Å². The molecule has 1 aromatic carbocycles. The Morgan fingerprint density at radius 3 is 2.78 bits per heavy atom. The summed E-state index contributed by atoms with van der Waals surface area (Å²) in [5.41, 5.74) is 2.06.